The van der Waals surface area contributed by atoms with Crippen molar-refractivity contribution in [2.24, 2.45) is 23.7 Å². The summed E-state index contributed by atoms with van der Waals surface area (Å²) >= 11 is 0. The number of benzene rings is 1. The fourth-order valence-electron chi connectivity index (χ4n) is 4.78. The van der Waals surface area contributed by atoms with Gasteiger partial charge in [0.15, 0.2) is 0 Å². The zero-order valence-electron chi connectivity index (χ0n) is 12.8. The van der Waals surface area contributed by atoms with Crippen LogP contribution in [0.4, 0.5) is 5.69 Å². The molecule has 0 spiro atoms. The molecule has 2 saturated carbocycles. The summed E-state index contributed by atoms with van der Waals surface area (Å²) in [6.07, 6.45) is 9.10. The van der Waals surface area contributed by atoms with Crippen LogP contribution in [0, 0.1) is 33.8 Å². The van der Waals surface area contributed by atoms with Gasteiger partial charge in [0, 0.05) is 18.1 Å². The highest BCUT2D eigenvalue weighted by molar-refractivity contribution is 5.89. The Morgan fingerprint density at radius 3 is 2.57 bits per heavy atom. The molecule has 5 heteroatoms. The van der Waals surface area contributed by atoms with E-state index >= 15 is 0 Å². The van der Waals surface area contributed by atoms with Gasteiger partial charge in [-0.05, 0) is 61.6 Å². The lowest BCUT2D eigenvalue weighted by atomic mass is 9.77. The molecule has 23 heavy (non-hydrogen) atoms. The van der Waals surface area contributed by atoms with Crippen molar-refractivity contribution in [2.45, 2.75) is 31.8 Å². The van der Waals surface area contributed by atoms with Crippen molar-refractivity contribution >= 4 is 11.7 Å². The van der Waals surface area contributed by atoms with Crippen LogP contribution >= 0.6 is 0 Å². The first-order chi connectivity index (χ1) is 11.1. The molecule has 2 fully saturated rings. The average molecular weight is 313 g/mol. The van der Waals surface area contributed by atoms with E-state index in [9.17, 15) is 14.9 Å². The molecule has 5 atom stereocenters. The summed E-state index contributed by atoms with van der Waals surface area (Å²) in [4.78, 5) is 22.5. The summed E-state index contributed by atoms with van der Waals surface area (Å²) in [5, 5.41) is 10.7. The molecule has 0 heterocycles. The van der Waals surface area contributed by atoms with Crippen LogP contribution in [0.1, 0.15) is 36.0 Å². The summed E-state index contributed by atoms with van der Waals surface area (Å²) in [5.41, 5.74) is 0.346. The van der Waals surface area contributed by atoms with E-state index in [0.717, 1.165) is 12.3 Å². The third-order valence-electron chi connectivity index (χ3n) is 5.80. The normalized spacial score (nSPS) is 34.2. The van der Waals surface area contributed by atoms with Gasteiger partial charge >= 0.3 is 5.97 Å². The fourth-order valence-corrected chi connectivity index (χ4v) is 4.78. The molecule has 3 aliphatic carbocycles. The number of nitro benzene ring substituents is 1. The monoisotopic (exact) mass is 313 g/mol. The van der Waals surface area contributed by atoms with Gasteiger partial charge in [0.05, 0.1) is 10.5 Å². The van der Waals surface area contributed by atoms with Crippen molar-refractivity contribution in [3.8, 4) is 0 Å². The summed E-state index contributed by atoms with van der Waals surface area (Å²) in [6.45, 7) is 0. The number of hydrogen-bond donors (Lipinski definition) is 0. The van der Waals surface area contributed by atoms with Crippen LogP contribution in [0.25, 0.3) is 0 Å². The van der Waals surface area contributed by atoms with E-state index in [2.05, 4.69) is 12.2 Å². The minimum Gasteiger partial charge on any atom is -0.454 e. The van der Waals surface area contributed by atoms with E-state index in [4.69, 9.17) is 4.74 Å². The van der Waals surface area contributed by atoms with Crippen LogP contribution < -0.4 is 0 Å². The Balaban J connectivity index is 1.48. The maximum atomic E-state index is 12.3. The standard InChI is InChI=1S/C18H19NO4/c20-18(13-3-7-14(8-4-13)19(21)22)23-16-10-6-12-2-1-11-5-9-15(16)17(11)12/h3-4,6-8,10-12,15-17H,1-2,5,9H2/t11-,12-,15+,16-,17-/m0/s1. The lowest BCUT2D eigenvalue weighted by Gasteiger charge is -2.33. The minimum absolute atomic E-state index is 0.0217. The van der Waals surface area contributed by atoms with Crippen molar-refractivity contribution < 1.29 is 14.5 Å². The van der Waals surface area contributed by atoms with Gasteiger partial charge in [0.25, 0.3) is 5.69 Å². The second kappa shape index (κ2) is 5.48. The van der Waals surface area contributed by atoms with Crippen LogP contribution in [0.2, 0.25) is 0 Å². The predicted octanol–water partition coefficient (Wildman–Crippen LogP) is 3.74. The summed E-state index contributed by atoms with van der Waals surface area (Å²) < 4.78 is 5.72. The molecule has 0 N–H and O–H groups in total. The molecule has 1 aromatic carbocycles. The van der Waals surface area contributed by atoms with Crippen molar-refractivity contribution in [1.29, 1.82) is 0 Å². The molecule has 0 unspecified atom stereocenters. The summed E-state index contributed by atoms with van der Waals surface area (Å²) in [5.74, 6) is 2.20. The number of allylic oxidation sites excluding steroid dienone is 1. The van der Waals surface area contributed by atoms with Crippen LogP contribution in [-0.4, -0.2) is 17.0 Å². The molecule has 3 aliphatic rings. The van der Waals surface area contributed by atoms with E-state index in [0.29, 0.717) is 23.3 Å². The lowest BCUT2D eigenvalue weighted by molar-refractivity contribution is -0.384. The number of ether oxygens (including phenoxy) is 1. The zero-order valence-corrected chi connectivity index (χ0v) is 12.8. The molecule has 0 aliphatic heterocycles. The average Bonchev–Trinajstić information content (AvgIpc) is 3.16. The largest absolute Gasteiger partial charge is 0.454 e. The molecule has 0 bridgehead atoms. The van der Waals surface area contributed by atoms with E-state index in [1.54, 1.807) is 0 Å². The number of carbonyl (C=O) groups is 1. The molecular weight excluding hydrogens is 294 g/mol. The highest BCUT2D eigenvalue weighted by Gasteiger charge is 2.49. The van der Waals surface area contributed by atoms with Gasteiger partial charge < -0.3 is 4.74 Å². The number of nitro groups is 1. The van der Waals surface area contributed by atoms with Crippen molar-refractivity contribution in [3.63, 3.8) is 0 Å². The Morgan fingerprint density at radius 1 is 1.09 bits per heavy atom. The van der Waals surface area contributed by atoms with Gasteiger partial charge in [-0.25, -0.2) is 4.79 Å². The topological polar surface area (TPSA) is 69.4 Å². The Bertz CT molecular complexity index is 666. The highest BCUT2D eigenvalue weighted by atomic mass is 16.6. The van der Waals surface area contributed by atoms with Crippen molar-refractivity contribution in [2.75, 3.05) is 0 Å². The first-order valence-corrected chi connectivity index (χ1v) is 8.27. The zero-order chi connectivity index (χ0) is 16.0. The first-order valence-electron chi connectivity index (χ1n) is 8.27. The third-order valence-corrected chi connectivity index (χ3v) is 5.80. The SMILES string of the molecule is O=C(O[C@H]1C=C[C@@H]2CC[C@H]3CC[C@H]1[C@@H]32)c1ccc([N+](=O)[O-])cc1. The predicted molar refractivity (Wildman–Crippen MR) is 83.9 cm³/mol. The number of esters is 1. The van der Waals surface area contributed by atoms with Crippen LogP contribution in [0.5, 0.6) is 0 Å². The van der Waals surface area contributed by atoms with Crippen LogP contribution in [0.3, 0.4) is 0 Å². The van der Waals surface area contributed by atoms with E-state index in [-0.39, 0.29) is 11.8 Å². The molecule has 5 nitrogen and oxygen atoms in total. The first kappa shape index (κ1) is 14.4. The van der Waals surface area contributed by atoms with Gasteiger partial charge in [0.1, 0.15) is 6.10 Å². The Hall–Kier alpha value is -2.17. The van der Waals surface area contributed by atoms with Gasteiger partial charge in [-0.2, -0.15) is 0 Å². The number of hydrogen-bond acceptors (Lipinski definition) is 4. The minimum atomic E-state index is -0.474. The highest BCUT2D eigenvalue weighted by Crippen LogP contribution is 2.54. The fraction of sp³-hybridized carbons (Fsp3) is 0.500. The van der Waals surface area contributed by atoms with Crippen molar-refractivity contribution in [1.82, 2.24) is 0 Å². The Kier molecular flexibility index (Phi) is 3.43. The maximum absolute atomic E-state index is 12.3. The third kappa shape index (κ3) is 2.44. The lowest BCUT2D eigenvalue weighted by Crippen LogP contribution is -2.34. The van der Waals surface area contributed by atoms with Crippen LogP contribution in [-0.2, 0) is 4.74 Å². The second-order valence-corrected chi connectivity index (χ2v) is 6.88. The van der Waals surface area contributed by atoms with Gasteiger partial charge in [-0.3, -0.25) is 10.1 Å². The summed E-state index contributed by atoms with van der Waals surface area (Å²) in [6, 6.07) is 5.60. The number of nitrogens with zero attached hydrogens (tertiary/aromatic N) is 1. The number of rotatable bonds is 3. The molecule has 0 saturated heterocycles. The maximum Gasteiger partial charge on any atom is 0.338 e. The van der Waals surface area contributed by atoms with E-state index in [1.807, 2.05) is 0 Å². The number of carbonyl (C=O) groups excluding carboxylic acids is 1. The molecule has 0 radical (unpaired) electrons. The quantitative estimate of drug-likeness (QED) is 0.369. The molecule has 4 rings (SSSR count). The molecule has 1 aromatic rings. The molecular formula is C18H19NO4. The summed E-state index contributed by atoms with van der Waals surface area (Å²) in [7, 11) is 0. The molecule has 120 valence electrons. The Morgan fingerprint density at radius 2 is 1.83 bits per heavy atom. The number of non-ortho nitro benzene ring substituents is 1. The van der Waals surface area contributed by atoms with Gasteiger partial charge in [0.2, 0.25) is 0 Å². The van der Waals surface area contributed by atoms with Crippen molar-refractivity contribution in [3.05, 3.63) is 52.1 Å². The molecule has 0 aromatic heterocycles. The second-order valence-electron chi connectivity index (χ2n) is 6.88. The van der Waals surface area contributed by atoms with E-state index < -0.39 is 10.9 Å². The van der Waals surface area contributed by atoms with Gasteiger partial charge in [-0.1, -0.05) is 6.08 Å². The van der Waals surface area contributed by atoms with Crippen LogP contribution in [0.15, 0.2) is 36.4 Å². The Labute approximate surface area is 134 Å². The smallest absolute Gasteiger partial charge is 0.338 e. The molecule has 0 amide bonds. The van der Waals surface area contributed by atoms with Gasteiger partial charge in [-0.15, -0.1) is 0 Å². The van der Waals surface area contributed by atoms with E-state index in [1.165, 1.54) is 43.5 Å².